The first-order valence-corrected chi connectivity index (χ1v) is 48.1. The number of aromatic nitrogens is 6. The summed E-state index contributed by atoms with van der Waals surface area (Å²) in [7, 11) is 4.73. The Hall–Kier alpha value is -8.15. The SMILES string of the molecule is COc1ccc2nc3c(nc2c1)O[C@H]1CN(C(=O)[C@H](C(C)(C)C)CC(=O)O[C@@H]2CCC[C@H]2CCCCC3)[C@H]([C-]=O)[C@@H]1CF.COc1ccc2nc3c(nc2c1)O[C@H]1CN(C(=O)[C@H](C(C)(C)C)CC(=O)O[C@@H]2[C@H]4CC[C@H](C4)[C@H]2CCCCC3)[C@H]([C-]=O)[C@@H]1CF.COc1ccc2nc3c(nc2c1)O[C@H]1CN(C(=O)[C@H](C(C)(C)C)CC(=O)O[C@]2(C)CCC[C@H]2CCCCC3)[C@H]([C-]=O)[C@@H]1CF.[V].[V].[V]. The standard InChI is InChI=1S/C35H45FN3O6.C34H45FN3O6.C33H43FN3O6.3V/c1-35(2,3)25-16-31(41)45-32-21-11-10-20(14-21)23(32)8-6-5-7-9-27-33(38-28-15-22(43-4)12-13-26(28)37-27)44-30-18-39(34(25)42)29(19-40)24(30)17-36;1-33(2,3)24-17-30(40)44-34(4)15-9-11-21(34)10-7-6-8-12-26-31(37-27-16-22(42-5)13-14-25(27)36-26)43-29-19-38(32(24)41)28(20-39)23(29)18-35;1-33(2,3)23-16-30(39)42-28-12-8-10-20(28)9-6-5-7-11-25-31(36-26-15-21(41-4)13-14-24(26)35-25)43-29-18-37(32(23)40)27(19-38)22(29)17-34;;;/h12-13,15,20-21,23-25,29-30,32H,5-11,14,16-18H2,1-4H3;13-14,16,21,23-24,28-29H,6-12,15,17-19H2,1-5H3;13-15,20,22-23,27-29H,5-12,16-18H2,1-4H3;;;/q3*-1;;;/t20-,21+,23-,24+,25-,29-,30+,32-;21-,23+,24-,28-,29+,34-;20-,22+,23-,27-,28-,29+;;;/m111.../s1. The fourth-order valence-electron chi connectivity index (χ4n) is 22.4. The smallest absolute Gasteiger partial charge is 0.307 e. The van der Waals surface area contributed by atoms with Crippen LogP contribution in [0.15, 0.2) is 54.6 Å². The van der Waals surface area contributed by atoms with Crippen LogP contribution in [0, 0.1) is 81.3 Å². The summed E-state index contributed by atoms with van der Waals surface area (Å²) in [6, 6.07) is 12.9. The number of hydrogen-bond donors (Lipinski definition) is 0. The molecule has 27 nitrogen and oxygen atoms in total. The maximum atomic E-state index is 14.7. The molecule has 6 aliphatic heterocycles. The molecule has 0 spiro atoms. The van der Waals surface area contributed by atoms with Crippen molar-refractivity contribution in [1.82, 2.24) is 44.6 Å². The van der Waals surface area contributed by atoms with E-state index in [1.54, 1.807) is 39.5 Å². The molecule has 3 aromatic heterocycles. The summed E-state index contributed by atoms with van der Waals surface area (Å²) < 4.78 is 97.5. The predicted octanol–water partition coefficient (Wildman–Crippen LogP) is 16.1. The van der Waals surface area contributed by atoms with E-state index in [1.165, 1.54) is 21.1 Å². The number of carbonyl (C=O) groups excluding carboxylic acids is 9. The van der Waals surface area contributed by atoms with E-state index in [2.05, 4.69) is 0 Å². The predicted molar refractivity (Wildman–Crippen MR) is 486 cm³/mol. The van der Waals surface area contributed by atoms with Crippen LogP contribution in [-0.4, -0.2) is 214 Å². The van der Waals surface area contributed by atoms with Gasteiger partial charge in [-0.3, -0.25) is 41.9 Å². The van der Waals surface area contributed by atoms with E-state index in [1.807, 2.05) is 124 Å². The van der Waals surface area contributed by atoms with E-state index < -0.39 is 143 Å². The number of alkyl halides is 3. The van der Waals surface area contributed by atoms with Gasteiger partial charge in [0, 0.05) is 91.6 Å². The number of rotatable bonds is 9. The van der Waals surface area contributed by atoms with Crippen molar-refractivity contribution >= 4 is 87.6 Å². The molecule has 3 aromatic carbocycles. The molecule has 4 saturated carbocycles. The Morgan fingerprint density at radius 2 is 0.763 bits per heavy atom. The first-order chi connectivity index (χ1) is 63.2. The van der Waals surface area contributed by atoms with Crippen LogP contribution in [0.25, 0.3) is 33.1 Å². The number of nitrogens with zero attached hydrogens (tertiary/aromatic N) is 9. The number of hydrogen-bond acceptors (Lipinski definition) is 24. The minimum atomic E-state index is -1.16. The fourth-order valence-corrected chi connectivity index (χ4v) is 22.4. The van der Waals surface area contributed by atoms with Crippen molar-refractivity contribution in [2.45, 2.75) is 297 Å². The molecule has 6 aromatic rings. The number of fused-ring (bicyclic) bond motifs is 19. The molecule has 16 rings (SSSR count). The second kappa shape index (κ2) is 46.7. The van der Waals surface area contributed by atoms with Crippen molar-refractivity contribution in [2.75, 3.05) is 61.0 Å². The average molecular weight is 1980 g/mol. The van der Waals surface area contributed by atoms with Crippen molar-refractivity contribution in [1.29, 1.82) is 0 Å². The minimum absolute atomic E-state index is 0. The summed E-state index contributed by atoms with van der Waals surface area (Å²) in [5.41, 5.74) is 3.36. The number of benzene rings is 3. The van der Waals surface area contributed by atoms with Gasteiger partial charge in [-0.15, -0.1) is 0 Å². The number of halogens is 3. The molecule has 20 atom stereocenters. The van der Waals surface area contributed by atoms with Gasteiger partial charge in [0.15, 0.2) is 0 Å². The third kappa shape index (κ3) is 24.7. The van der Waals surface area contributed by atoms with Crippen LogP contribution in [0.5, 0.6) is 34.9 Å². The maximum absolute atomic E-state index is 14.7. The molecule has 10 aliphatic rings. The summed E-state index contributed by atoms with van der Waals surface area (Å²) in [6.45, 7) is 16.3. The first kappa shape index (κ1) is 107. The average Bonchev–Trinajstić information content (AvgIpc) is 1.34. The molecule has 7 fully saturated rings. The van der Waals surface area contributed by atoms with Gasteiger partial charge in [-0.2, -0.15) is 0 Å². The van der Waals surface area contributed by atoms with Gasteiger partial charge in [0.1, 0.15) is 70.5 Å². The van der Waals surface area contributed by atoms with Crippen LogP contribution < -0.4 is 28.4 Å². The van der Waals surface area contributed by atoms with Crippen LogP contribution in [-0.2, 0) is 132 Å². The van der Waals surface area contributed by atoms with Crippen molar-refractivity contribution < 1.29 is 155 Å². The van der Waals surface area contributed by atoms with Crippen molar-refractivity contribution in [3.63, 3.8) is 0 Å². The van der Waals surface area contributed by atoms with Crippen molar-refractivity contribution in [3.05, 3.63) is 71.7 Å². The quantitative estimate of drug-likeness (QED) is 0.0737. The largest absolute Gasteiger partial charge is 0.540 e. The number of esters is 3. The molecule has 3 amide bonds. The second-order valence-electron chi connectivity index (χ2n) is 41.8. The molecule has 9 heterocycles. The van der Waals surface area contributed by atoms with Crippen LogP contribution in [0.3, 0.4) is 0 Å². The molecule has 33 heteroatoms. The zero-order valence-electron chi connectivity index (χ0n) is 80.3. The minimum Gasteiger partial charge on any atom is -0.540 e. The molecule has 4 aliphatic carbocycles. The third-order valence-corrected chi connectivity index (χ3v) is 30.2. The van der Waals surface area contributed by atoms with Crippen molar-refractivity contribution in [3.8, 4) is 34.9 Å². The summed E-state index contributed by atoms with van der Waals surface area (Å²) in [5, 5.41) is 0. The molecule has 3 radical (unpaired) electrons. The van der Waals surface area contributed by atoms with Gasteiger partial charge in [0.25, 0.3) is 0 Å². The number of ether oxygens (including phenoxy) is 9. The summed E-state index contributed by atoms with van der Waals surface area (Å²) >= 11 is 0. The Labute approximate surface area is 827 Å². The van der Waals surface area contributed by atoms with E-state index in [9.17, 15) is 56.3 Å². The van der Waals surface area contributed by atoms with Crippen molar-refractivity contribution in [2.24, 2.45) is 81.3 Å². The topological polar surface area (TPSA) is 324 Å². The van der Waals surface area contributed by atoms with E-state index in [-0.39, 0.29) is 136 Å². The van der Waals surface area contributed by atoms with Crippen LogP contribution in [0.2, 0.25) is 0 Å². The Morgan fingerprint density at radius 1 is 0.400 bits per heavy atom. The normalized spacial score (nSPS) is 30.1. The molecule has 135 heavy (non-hydrogen) atoms. The van der Waals surface area contributed by atoms with E-state index in [0.29, 0.717) is 110 Å². The molecule has 0 N–H and O–H groups in total. The Kier molecular flexibility index (Phi) is 37.2. The molecule has 0 unspecified atom stereocenters. The van der Waals surface area contributed by atoms with E-state index in [4.69, 9.17) is 72.5 Å². The van der Waals surface area contributed by atoms with E-state index >= 15 is 0 Å². The van der Waals surface area contributed by atoms with Gasteiger partial charge >= 0.3 is 17.9 Å². The second-order valence-corrected chi connectivity index (χ2v) is 41.8. The Balaban J connectivity index is 0.000000193. The molecular formula is C102H133F3N9O18V3-3. The monoisotopic (exact) mass is 1980 g/mol. The number of aryl methyl sites for hydroxylation is 3. The molecular weight excluding hydrogens is 1850 g/mol. The molecule has 3 saturated heterocycles. The third-order valence-electron chi connectivity index (χ3n) is 30.2. The molecule has 8 bridgehead atoms. The van der Waals surface area contributed by atoms with Gasteiger partial charge in [0.2, 0.25) is 35.4 Å². The maximum Gasteiger partial charge on any atom is 0.307 e. The van der Waals surface area contributed by atoms with Crippen LogP contribution in [0.4, 0.5) is 13.2 Å². The summed E-state index contributed by atoms with van der Waals surface area (Å²) in [6.07, 6.45) is 24.8. The molecule has 733 valence electrons. The van der Waals surface area contributed by atoms with Gasteiger partial charge in [-0.1, -0.05) is 119 Å². The van der Waals surface area contributed by atoms with Crippen LogP contribution in [0.1, 0.15) is 240 Å². The van der Waals surface area contributed by atoms with E-state index in [0.717, 1.165) is 128 Å². The van der Waals surface area contributed by atoms with Gasteiger partial charge in [-0.25, -0.2) is 48.8 Å². The fraction of sp³-hybridized carbons (Fsp3) is 0.676. The number of carbonyl (C=O) groups is 6. The summed E-state index contributed by atoms with van der Waals surface area (Å²) in [5.74, 6) is -3.00. The Bertz CT molecular complexity index is 5140. The van der Waals surface area contributed by atoms with Gasteiger partial charge < -0.3 is 71.7 Å². The Morgan fingerprint density at radius 3 is 1.15 bits per heavy atom. The number of methoxy groups -OCH3 is 3. The zero-order chi connectivity index (χ0) is 94.3. The van der Waals surface area contributed by atoms with Gasteiger partial charge in [-0.05, 0) is 205 Å². The van der Waals surface area contributed by atoms with Crippen LogP contribution >= 0.6 is 0 Å². The number of amides is 3. The zero-order valence-corrected chi connectivity index (χ0v) is 84.5. The van der Waals surface area contributed by atoms with Gasteiger partial charge in [0.05, 0.1) is 131 Å². The first-order valence-electron chi connectivity index (χ1n) is 48.1. The summed E-state index contributed by atoms with van der Waals surface area (Å²) in [4.78, 5) is 152.